The fourth-order valence-electron chi connectivity index (χ4n) is 4.59. The Balaban J connectivity index is 1.45. The second-order valence-corrected chi connectivity index (χ2v) is 9.04. The standard InChI is InChI=1S/C29H32F2O/c1-3-4-5-6-21-9-18-27(32-19-21)24-14-12-23(13-15-24)26-17-16-25(28(30)29(26)31)22-10-7-20(2)8-11-22/h7-8,10-17,21,27H,3-6,9,18-19H2,1-2H3. The first-order chi connectivity index (χ1) is 15.6. The molecule has 4 rings (SSSR count). The van der Waals surface area contributed by atoms with E-state index in [1.54, 1.807) is 12.1 Å². The molecule has 0 aromatic heterocycles. The van der Waals surface area contributed by atoms with Crippen LogP contribution in [0.3, 0.4) is 0 Å². The Hall–Kier alpha value is -2.52. The SMILES string of the molecule is CCCCCC1CCC(c2ccc(-c3ccc(-c4ccc(C)cc4)c(F)c3F)cc2)OC1. The molecule has 168 valence electrons. The molecule has 2 atom stereocenters. The number of halogens is 2. The van der Waals surface area contributed by atoms with Crippen LogP contribution in [-0.4, -0.2) is 6.61 Å². The van der Waals surface area contributed by atoms with Crippen molar-refractivity contribution in [3.8, 4) is 22.3 Å². The summed E-state index contributed by atoms with van der Waals surface area (Å²) in [5.41, 5.74) is 4.11. The van der Waals surface area contributed by atoms with Gasteiger partial charge in [0.25, 0.3) is 0 Å². The van der Waals surface area contributed by atoms with Gasteiger partial charge in [0.2, 0.25) is 0 Å². The molecule has 0 aliphatic carbocycles. The van der Waals surface area contributed by atoms with Crippen molar-refractivity contribution < 1.29 is 13.5 Å². The van der Waals surface area contributed by atoms with Crippen LogP contribution in [0.15, 0.2) is 60.7 Å². The Kier molecular flexibility index (Phi) is 7.36. The van der Waals surface area contributed by atoms with Crippen LogP contribution < -0.4 is 0 Å². The zero-order chi connectivity index (χ0) is 22.5. The third kappa shape index (κ3) is 5.10. The second-order valence-electron chi connectivity index (χ2n) is 9.04. The van der Waals surface area contributed by atoms with Gasteiger partial charge < -0.3 is 4.74 Å². The lowest BCUT2D eigenvalue weighted by atomic mass is 9.90. The molecule has 1 aliphatic heterocycles. The average molecular weight is 435 g/mol. The number of ether oxygens (including phenoxy) is 1. The van der Waals surface area contributed by atoms with Crippen LogP contribution >= 0.6 is 0 Å². The predicted octanol–water partition coefficient (Wildman–Crippen LogP) is 8.66. The van der Waals surface area contributed by atoms with Crippen LogP contribution in [-0.2, 0) is 4.74 Å². The van der Waals surface area contributed by atoms with Crippen molar-refractivity contribution in [3.63, 3.8) is 0 Å². The molecular weight excluding hydrogens is 402 g/mol. The Bertz CT molecular complexity index is 1020. The van der Waals surface area contributed by atoms with Crippen molar-refractivity contribution in [3.05, 3.63) is 83.4 Å². The summed E-state index contributed by atoms with van der Waals surface area (Å²) in [5.74, 6) is -0.944. The highest BCUT2D eigenvalue weighted by molar-refractivity contribution is 5.72. The summed E-state index contributed by atoms with van der Waals surface area (Å²) in [5, 5.41) is 0. The van der Waals surface area contributed by atoms with Crippen molar-refractivity contribution in [2.45, 2.75) is 58.5 Å². The van der Waals surface area contributed by atoms with Gasteiger partial charge in [0.15, 0.2) is 11.6 Å². The second kappa shape index (κ2) is 10.4. The van der Waals surface area contributed by atoms with E-state index in [-0.39, 0.29) is 17.2 Å². The molecule has 1 heterocycles. The molecule has 3 heteroatoms. The van der Waals surface area contributed by atoms with E-state index in [1.807, 2.05) is 55.5 Å². The fraction of sp³-hybridized carbons (Fsp3) is 0.379. The first kappa shape index (κ1) is 22.7. The van der Waals surface area contributed by atoms with Crippen molar-refractivity contribution in [2.75, 3.05) is 6.61 Å². The van der Waals surface area contributed by atoms with Crippen molar-refractivity contribution >= 4 is 0 Å². The zero-order valence-corrected chi connectivity index (χ0v) is 19.0. The number of hydrogen-bond donors (Lipinski definition) is 0. The molecule has 0 bridgehead atoms. The first-order valence-corrected chi connectivity index (χ1v) is 11.8. The lowest BCUT2D eigenvalue weighted by Crippen LogP contribution is -2.20. The van der Waals surface area contributed by atoms with Crippen LogP contribution in [0.2, 0.25) is 0 Å². The van der Waals surface area contributed by atoms with Crippen molar-refractivity contribution in [1.82, 2.24) is 0 Å². The predicted molar refractivity (Wildman–Crippen MR) is 128 cm³/mol. The number of benzene rings is 3. The normalized spacial score (nSPS) is 18.6. The van der Waals surface area contributed by atoms with Gasteiger partial charge in [-0.3, -0.25) is 0 Å². The van der Waals surface area contributed by atoms with Crippen LogP contribution in [0.5, 0.6) is 0 Å². The van der Waals surface area contributed by atoms with Crippen molar-refractivity contribution in [2.24, 2.45) is 5.92 Å². The van der Waals surface area contributed by atoms with E-state index in [9.17, 15) is 8.78 Å². The molecular formula is C29H32F2O. The van der Waals surface area contributed by atoms with E-state index >= 15 is 0 Å². The summed E-state index contributed by atoms with van der Waals surface area (Å²) in [6.45, 7) is 5.02. The highest BCUT2D eigenvalue weighted by atomic mass is 19.2. The van der Waals surface area contributed by atoms with Gasteiger partial charge in [0, 0.05) is 11.1 Å². The highest BCUT2D eigenvalue weighted by Crippen LogP contribution is 2.35. The maximum Gasteiger partial charge on any atom is 0.167 e. The van der Waals surface area contributed by atoms with E-state index in [2.05, 4.69) is 6.92 Å². The summed E-state index contributed by atoms with van der Waals surface area (Å²) in [7, 11) is 0. The topological polar surface area (TPSA) is 9.23 Å². The van der Waals surface area contributed by atoms with Crippen LogP contribution in [0.1, 0.15) is 62.7 Å². The summed E-state index contributed by atoms with van der Waals surface area (Å²) in [6, 6.07) is 18.5. The zero-order valence-electron chi connectivity index (χ0n) is 19.0. The van der Waals surface area contributed by atoms with Gasteiger partial charge in [-0.05, 0) is 48.8 Å². The molecule has 0 spiro atoms. The molecule has 1 saturated heterocycles. The largest absolute Gasteiger partial charge is 0.373 e. The minimum atomic E-state index is -0.806. The molecule has 0 saturated carbocycles. The van der Waals surface area contributed by atoms with Gasteiger partial charge in [0.1, 0.15) is 0 Å². The molecule has 0 radical (unpaired) electrons. The number of unbranched alkanes of at least 4 members (excludes halogenated alkanes) is 2. The van der Waals surface area contributed by atoms with Crippen molar-refractivity contribution in [1.29, 1.82) is 0 Å². The molecule has 1 aliphatic rings. The lowest BCUT2D eigenvalue weighted by molar-refractivity contribution is -0.0198. The lowest BCUT2D eigenvalue weighted by Gasteiger charge is -2.29. The van der Waals surface area contributed by atoms with Crippen LogP contribution in [0.25, 0.3) is 22.3 Å². The summed E-state index contributed by atoms with van der Waals surface area (Å²) >= 11 is 0. The summed E-state index contributed by atoms with van der Waals surface area (Å²) in [6.07, 6.45) is 7.39. The minimum absolute atomic E-state index is 0.0944. The Labute approximate surface area is 190 Å². The molecule has 0 N–H and O–H groups in total. The monoisotopic (exact) mass is 434 g/mol. The third-order valence-corrected chi connectivity index (χ3v) is 6.62. The Morgan fingerprint density at radius 2 is 1.38 bits per heavy atom. The van der Waals surface area contributed by atoms with Gasteiger partial charge >= 0.3 is 0 Å². The molecule has 3 aromatic carbocycles. The number of rotatable bonds is 7. The maximum absolute atomic E-state index is 14.9. The van der Waals surface area contributed by atoms with E-state index in [0.717, 1.165) is 24.2 Å². The molecule has 2 unspecified atom stereocenters. The van der Waals surface area contributed by atoms with E-state index in [1.165, 1.54) is 32.1 Å². The quantitative estimate of drug-likeness (QED) is 0.338. The maximum atomic E-state index is 14.9. The van der Waals surface area contributed by atoms with Crippen LogP contribution in [0, 0.1) is 24.5 Å². The van der Waals surface area contributed by atoms with Gasteiger partial charge in [-0.1, -0.05) is 92.4 Å². The van der Waals surface area contributed by atoms with Gasteiger partial charge in [-0.25, -0.2) is 8.78 Å². The van der Waals surface area contributed by atoms with Gasteiger partial charge in [0.05, 0.1) is 12.7 Å². The van der Waals surface area contributed by atoms with E-state index in [0.29, 0.717) is 17.0 Å². The highest BCUT2D eigenvalue weighted by Gasteiger charge is 2.23. The number of hydrogen-bond acceptors (Lipinski definition) is 1. The minimum Gasteiger partial charge on any atom is -0.373 e. The average Bonchev–Trinajstić information content (AvgIpc) is 2.82. The third-order valence-electron chi connectivity index (χ3n) is 6.62. The molecule has 1 nitrogen and oxygen atoms in total. The van der Waals surface area contributed by atoms with E-state index < -0.39 is 11.6 Å². The van der Waals surface area contributed by atoms with E-state index in [4.69, 9.17) is 4.74 Å². The first-order valence-electron chi connectivity index (χ1n) is 11.8. The molecule has 3 aromatic rings. The molecule has 0 amide bonds. The molecule has 32 heavy (non-hydrogen) atoms. The van der Waals surface area contributed by atoms with Gasteiger partial charge in [-0.15, -0.1) is 0 Å². The smallest absolute Gasteiger partial charge is 0.167 e. The Morgan fingerprint density at radius 3 is 1.91 bits per heavy atom. The number of aryl methyl sites for hydroxylation is 1. The molecule has 1 fully saturated rings. The summed E-state index contributed by atoms with van der Waals surface area (Å²) in [4.78, 5) is 0. The Morgan fingerprint density at radius 1 is 0.781 bits per heavy atom. The fourth-order valence-corrected chi connectivity index (χ4v) is 4.59. The van der Waals surface area contributed by atoms with Gasteiger partial charge in [-0.2, -0.15) is 0 Å². The summed E-state index contributed by atoms with van der Waals surface area (Å²) < 4.78 is 35.9. The van der Waals surface area contributed by atoms with Crippen LogP contribution in [0.4, 0.5) is 8.78 Å².